The molecule has 0 radical (unpaired) electrons. The molecule has 0 aromatic rings. The average Bonchev–Trinajstić information content (AvgIpc) is 2.37. The van der Waals surface area contributed by atoms with Gasteiger partial charge in [-0.25, -0.2) is 0 Å². The molecule has 1 aliphatic rings. The van der Waals surface area contributed by atoms with Crippen molar-refractivity contribution in [2.24, 2.45) is 5.92 Å². The summed E-state index contributed by atoms with van der Waals surface area (Å²) in [7, 11) is 0. The number of hydrogen-bond acceptors (Lipinski definition) is 3. The predicted octanol–water partition coefficient (Wildman–Crippen LogP) is 2.25. The van der Waals surface area contributed by atoms with Crippen molar-refractivity contribution in [1.82, 2.24) is 10.2 Å². The molecule has 1 unspecified atom stereocenters. The van der Waals surface area contributed by atoms with Gasteiger partial charge in [0.25, 0.3) is 0 Å². The van der Waals surface area contributed by atoms with Crippen molar-refractivity contribution in [1.29, 1.82) is 0 Å². The highest BCUT2D eigenvalue weighted by Crippen LogP contribution is 2.23. The van der Waals surface area contributed by atoms with E-state index in [1.54, 1.807) is 0 Å². The zero-order valence-corrected chi connectivity index (χ0v) is 12.5. The lowest BCUT2D eigenvalue weighted by molar-refractivity contribution is 0.108. The number of nitrogens with one attached hydrogen (secondary N) is 1. The van der Waals surface area contributed by atoms with E-state index in [9.17, 15) is 5.11 Å². The van der Waals surface area contributed by atoms with Crippen LogP contribution in [0.4, 0.5) is 0 Å². The van der Waals surface area contributed by atoms with Crippen molar-refractivity contribution < 1.29 is 5.11 Å². The Labute approximate surface area is 113 Å². The average molecular weight is 256 g/mol. The van der Waals surface area contributed by atoms with Gasteiger partial charge in [0.15, 0.2) is 0 Å². The van der Waals surface area contributed by atoms with E-state index >= 15 is 0 Å². The highest BCUT2D eigenvalue weighted by molar-refractivity contribution is 4.77. The lowest BCUT2D eigenvalue weighted by Crippen LogP contribution is -2.43. The molecule has 1 aliphatic carbocycles. The molecule has 2 N–H and O–H groups in total. The summed E-state index contributed by atoms with van der Waals surface area (Å²) < 4.78 is 0. The third kappa shape index (κ3) is 6.17. The molecule has 108 valence electrons. The molecular formula is C15H32N2O. The van der Waals surface area contributed by atoms with Crippen LogP contribution in [0, 0.1) is 5.92 Å². The molecular weight excluding hydrogens is 224 g/mol. The maximum atomic E-state index is 9.24. The standard InChI is InChI=1S/C15H32N2O/c1-13(2)16-11-14(3)12-17(9-10-18)15-7-5-4-6-8-15/h13-16,18H,4-12H2,1-3H3. The van der Waals surface area contributed by atoms with Crippen molar-refractivity contribution in [3.05, 3.63) is 0 Å². The van der Waals surface area contributed by atoms with E-state index in [4.69, 9.17) is 0 Å². The first kappa shape index (κ1) is 15.9. The molecule has 0 bridgehead atoms. The molecule has 1 saturated carbocycles. The van der Waals surface area contributed by atoms with E-state index in [1.165, 1.54) is 32.1 Å². The maximum absolute atomic E-state index is 9.24. The van der Waals surface area contributed by atoms with Crippen LogP contribution in [0.2, 0.25) is 0 Å². The van der Waals surface area contributed by atoms with E-state index < -0.39 is 0 Å². The van der Waals surface area contributed by atoms with E-state index in [0.29, 0.717) is 24.6 Å². The normalized spacial score (nSPS) is 19.7. The molecule has 1 rings (SSSR count). The zero-order chi connectivity index (χ0) is 13.4. The van der Waals surface area contributed by atoms with Crippen LogP contribution in [0.1, 0.15) is 52.9 Å². The summed E-state index contributed by atoms with van der Waals surface area (Å²) in [5, 5.41) is 12.7. The monoisotopic (exact) mass is 256 g/mol. The lowest BCUT2D eigenvalue weighted by atomic mass is 9.93. The van der Waals surface area contributed by atoms with E-state index in [0.717, 1.165) is 19.6 Å². The van der Waals surface area contributed by atoms with Crippen molar-refractivity contribution in [2.75, 3.05) is 26.2 Å². The molecule has 0 spiro atoms. The van der Waals surface area contributed by atoms with Gasteiger partial charge in [-0.05, 0) is 25.3 Å². The van der Waals surface area contributed by atoms with Gasteiger partial charge in [-0.3, -0.25) is 4.90 Å². The Balaban J connectivity index is 2.35. The van der Waals surface area contributed by atoms with Gasteiger partial charge >= 0.3 is 0 Å². The molecule has 1 fully saturated rings. The summed E-state index contributed by atoms with van der Waals surface area (Å²) in [6.07, 6.45) is 6.78. The Morgan fingerprint density at radius 1 is 1.17 bits per heavy atom. The first-order chi connectivity index (χ1) is 8.63. The predicted molar refractivity (Wildman–Crippen MR) is 77.8 cm³/mol. The Morgan fingerprint density at radius 3 is 2.39 bits per heavy atom. The SMILES string of the molecule is CC(CNC(C)C)CN(CCO)C1CCCCC1. The molecule has 0 aromatic carbocycles. The minimum Gasteiger partial charge on any atom is -0.395 e. The van der Waals surface area contributed by atoms with Crippen molar-refractivity contribution in [2.45, 2.75) is 65.0 Å². The van der Waals surface area contributed by atoms with Crippen LogP contribution in [-0.4, -0.2) is 48.3 Å². The van der Waals surface area contributed by atoms with E-state index in [-0.39, 0.29) is 0 Å². The van der Waals surface area contributed by atoms with Crippen molar-refractivity contribution >= 4 is 0 Å². The second-order valence-corrected chi connectivity index (χ2v) is 6.18. The number of aliphatic hydroxyl groups is 1. The quantitative estimate of drug-likeness (QED) is 0.699. The minimum atomic E-state index is 0.292. The molecule has 0 saturated heterocycles. The molecule has 0 aliphatic heterocycles. The summed E-state index contributed by atoms with van der Waals surface area (Å²) in [6, 6.07) is 1.28. The molecule has 0 amide bonds. The molecule has 0 heterocycles. The fraction of sp³-hybridized carbons (Fsp3) is 1.00. The fourth-order valence-corrected chi connectivity index (χ4v) is 2.90. The van der Waals surface area contributed by atoms with Gasteiger partial charge in [-0.1, -0.05) is 40.0 Å². The Hall–Kier alpha value is -0.120. The highest BCUT2D eigenvalue weighted by Gasteiger charge is 2.22. The highest BCUT2D eigenvalue weighted by atomic mass is 16.3. The summed E-state index contributed by atoms with van der Waals surface area (Å²) in [5.41, 5.74) is 0. The van der Waals surface area contributed by atoms with Gasteiger partial charge in [0, 0.05) is 25.2 Å². The molecule has 3 heteroatoms. The summed E-state index contributed by atoms with van der Waals surface area (Å²) in [5.74, 6) is 0.654. The fourth-order valence-electron chi connectivity index (χ4n) is 2.90. The second kappa shape index (κ2) is 8.89. The van der Waals surface area contributed by atoms with Gasteiger partial charge in [-0.15, -0.1) is 0 Å². The molecule has 18 heavy (non-hydrogen) atoms. The van der Waals surface area contributed by atoms with Crippen LogP contribution in [0.15, 0.2) is 0 Å². The Bertz CT molecular complexity index is 203. The summed E-state index contributed by atoms with van der Waals surface area (Å²) in [4.78, 5) is 2.52. The van der Waals surface area contributed by atoms with Crippen molar-refractivity contribution in [3.63, 3.8) is 0 Å². The first-order valence-corrected chi connectivity index (χ1v) is 7.71. The van der Waals surface area contributed by atoms with Gasteiger partial charge in [-0.2, -0.15) is 0 Å². The zero-order valence-electron chi connectivity index (χ0n) is 12.5. The van der Waals surface area contributed by atoms with Crippen LogP contribution in [-0.2, 0) is 0 Å². The van der Waals surface area contributed by atoms with E-state index in [2.05, 4.69) is 31.0 Å². The number of nitrogens with zero attached hydrogens (tertiary/aromatic N) is 1. The van der Waals surface area contributed by atoms with Gasteiger partial charge < -0.3 is 10.4 Å². The second-order valence-electron chi connectivity index (χ2n) is 6.18. The number of hydrogen-bond donors (Lipinski definition) is 2. The van der Waals surface area contributed by atoms with Gasteiger partial charge in [0.05, 0.1) is 6.61 Å². The summed E-state index contributed by atoms with van der Waals surface area (Å²) in [6.45, 7) is 10.0. The minimum absolute atomic E-state index is 0.292. The molecule has 0 aromatic heterocycles. The topological polar surface area (TPSA) is 35.5 Å². The third-order valence-corrected chi connectivity index (χ3v) is 3.90. The first-order valence-electron chi connectivity index (χ1n) is 7.71. The molecule has 1 atom stereocenters. The number of aliphatic hydroxyl groups excluding tert-OH is 1. The largest absolute Gasteiger partial charge is 0.395 e. The van der Waals surface area contributed by atoms with Gasteiger partial charge in [0.2, 0.25) is 0 Å². The van der Waals surface area contributed by atoms with Gasteiger partial charge in [0.1, 0.15) is 0 Å². The summed E-state index contributed by atoms with van der Waals surface area (Å²) >= 11 is 0. The smallest absolute Gasteiger partial charge is 0.0558 e. The van der Waals surface area contributed by atoms with E-state index in [1.807, 2.05) is 0 Å². The van der Waals surface area contributed by atoms with Crippen molar-refractivity contribution in [3.8, 4) is 0 Å². The Morgan fingerprint density at radius 2 is 1.83 bits per heavy atom. The third-order valence-electron chi connectivity index (χ3n) is 3.90. The van der Waals surface area contributed by atoms with Crippen LogP contribution >= 0.6 is 0 Å². The molecule has 3 nitrogen and oxygen atoms in total. The number of rotatable bonds is 8. The van der Waals surface area contributed by atoms with Crippen LogP contribution in [0.3, 0.4) is 0 Å². The van der Waals surface area contributed by atoms with Crippen LogP contribution < -0.4 is 5.32 Å². The van der Waals surface area contributed by atoms with Crippen LogP contribution in [0.25, 0.3) is 0 Å². The maximum Gasteiger partial charge on any atom is 0.0558 e. The lowest BCUT2D eigenvalue weighted by Gasteiger charge is -2.35. The Kier molecular flexibility index (Phi) is 7.87. The van der Waals surface area contributed by atoms with Crippen LogP contribution in [0.5, 0.6) is 0 Å².